The lowest BCUT2D eigenvalue weighted by Gasteiger charge is -2.23. The lowest BCUT2D eigenvalue weighted by Crippen LogP contribution is -2.15. The van der Waals surface area contributed by atoms with Gasteiger partial charge >= 0.3 is 0 Å². The number of hydrogen-bond acceptors (Lipinski definition) is 6. The fraction of sp³-hybridized carbons (Fsp3) is 0.450. The standard InChI is InChI=1S/C20H26ClN5O/c1-10-14(7-13-5-6-13)18(27-4)15(8-16(10)21)12(3)26-20-17(11(2)22)19(23)24-9-25-20/h8-9,12-13,22H,5-7H2,1-4H3,(H3,23,24,25,26). The van der Waals surface area contributed by atoms with Crippen LogP contribution in [0.2, 0.25) is 5.02 Å². The molecule has 1 aromatic heterocycles. The van der Waals surface area contributed by atoms with Crippen molar-refractivity contribution in [1.29, 1.82) is 5.41 Å². The zero-order valence-electron chi connectivity index (χ0n) is 16.2. The fourth-order valence-electron chi connectivity index (χ4n) is 3.38. The van der Waals surface area contributed by atoms with E-state index in [0.717, 1.165) is 34.2 Å². The third-order valence-electron chi connectivity index (χ3n) is 5.09. The number of ether oxygens (including phenoxy) is 1. The molecule has 1 aliphatic rings. The molecule has 6 nitrogen and oxygen atoms in total. The molecule has 1 saturated carbocycles. The van der Waals surface area contributed by atoms with Gasteiger partial charge in [0.2, 0.25) is 0 Å². The van der Waals surface area contributed by atoms with Crippen LogP contribution in [0.4, 0.5) is 11.6 Å². The number of nitrogens with zero attached hydrogens (tertiary/aromatic N) is 2. The number of hydrogen-bond donors (Lipinski definition) is 3. The Hall–Kier alpha value is -2.34. The second-order valence-corrected chi connectivity index (χ2v) is 7.61. The molecule has 144 valence electrons. The van der Waals surface area contributed by atoms with Crippen LogP contribution in [0.25, 0.3) is 0 Å². The van der Waals surface area contributed by atoms with Gasteiger partial charge in [-0.2, -0.15) is 0 Å². The molecule has 0 amide bonds. The molecule has 1 heterocycles. The second kappa shape index (κ2) is 7.72. The number of methoxy groups -OCH3 is 1. The summed E-state index contributed by atoms with van der Waals surface area (Å²) in [7, 11) is 1.70. The van der Waals surface area contributed by atoms with Gasteiger partial charge in [-0.05, 0) is 63.1 Å². The first-order chi connectivity index (χ1) is 12.8. The molecular weight excluding hydrogens is 362 g/mol. The number of anilines is 2. The van der Waals surface area contributed by atoms with Gasteiger partial charge < -0.3 is 21.2 Å². The first-order valence-corrected chi connectivity index (χ1v) is 9.49. The van der Waals surface area contributed by atoms with Gasteiger partial charge in [0.25, 0.3) is 0 Å². The Labute approximate surface area is 165 Å². The Bertz CT molecular complexity index is 879. The van der Waals surface area contributed by atoms with Crippen molar-refractivity contribution >= 4 is 28.9 Å². The topological polar surface area (TPSA) is 96.9 Å². The molecule has 1 atom stereocenters. The highest BCUT2D eigenvalue weighted by atomic mass is 35.5. The Balaban J connectivity index is 2.00. The zero-order chi connectivity index (χ0) is 19.7. The van der Waals surface area contributed by atoms with Crippen LogP contribution >= 0.6 is 11.6 Å². The number of aromatic nitrogens is 2. The minimum absolute atomic E-state index is 0.136. The average molecular weight is 388 g/mol. The summed E-state index contributed by atoms with van der Waals surface area (Å²) in [5.74, 6) is 2.42. The maximum absolute atomic E-state index is 7.98. The molecule has 1 fully saturated rings. The molecule has 0 spiro atoms. The summed E-state index contributed by atoms with van der Waals surface area (Å²) in [6, 6.07) is 1.81. The Morgan fingerprint density at radius 2 is 2.15 bits per heavy atom. The van der Waals surface area contributed by atoms with Gasteiger partial charge in [0, 0.05) is 16.3 Å². The van der Waals surface area contributed by atoms with Crippen LogP contribution in [0.3, 0.4) is 0 Å². The number of benzene rings is 1. The van der Waals surface area contributed by atoms with Gasteiger partial charge in [-0.25, -0.2) is 9.97 Å². The highest BCUT2D eigenvalue weighted by molar-refractivity contribution is 6.31. The predicted octanol–water partition coefficient (Wildman–Crippen LogP) is 4.54. The van der Waals surface area contributed by atoms with Crippen molar-refractivity contribution in [3.63, 3.8) is 0 Å². The molecule has 0 aliphatic heterocycles. The van der Waals surface area contributed by atoms with Gasteiger partial charge in [-0.15, -0.1) is 0 Å². The van der Waals surface area contributed by atoms with Crippen LogP contribution in [-0.2, 0) is 6.42 Å². The molecule has 1 aliphatic carbocycles. The average Bonchev–Trinajstić information content (AvgIpc) is 3.42. The molecule has 0 radical (unpaired) electrons. The summed E-state index contributed by atoms with van der Waals surface area (Å²) < 4.78 is 5.80. The molecule has 1 unspecified atom stereocenters. The number of nitrogens with one attached hydrogen (secondary N) is 2. The van der Waals surface area contributed by atoms with E-state index in [0.29, 0.717) is 17.1 Å². The van der Waals surface area contributed by atoms with Crippen LogP contribution in [0.15, 0.2) is 12.4 Å². The van der Waals surface area contributed by atoms with Crippen LogP contribution in [-0.4, -0.2) is 22.8 Å². The molecule has 27 heavy (non-hydrogen) atoms. The van der Waals surface area contributed by atoms with E-state index in [9.17, 15) is 0 Å². The van der Waals surface area contributed by atoms with E-state index in [1.165, 1.54) is 24.7 Å². The van der Waals surface area contributed by atoms with Crippen molar-refractivity contribution in [2.75, 3.05) is 18.2 Å². The van der Waals surface area contributed by atoms with Gasteiger partial charge in [0.1, 0.15) is 23.7 Å². The lowest BCUT2D eigenvalue weighted by molar-refractivity contribution is 0.401. The number of nitrogen functional groups attached to an aromatic ring is 1. The zero-order valence-corrected chi connectivity index (χ0v) is 16.9. The SMILES string of the molecule is COc1c(C(C)Nc2ncnc(N)c2C(C)=N)cc(Cl)c(C)c1CC1CC1. The van der Waals surface area contributed by atoms with Gasteiger partial charge in [-0.3, -0.25) is 0 Å². The normalized spacial score (nSPS) is 14.7. The van der Waals surface area contributed by atoms with Crippen molar-refractivity contribution in [2.24, 2.45) is 5.92 Å². The van der Waals surface area contributed by atoms with E-state index in [-0.39, 0.29) is 11.9 Å². The summed E-state index contributed by atoms with van der Waals surface area (Å²) in [5.41, 5.74) is 10.0. The van der Waals surface area contributed by atoms with Crippen LogP contribution < -0.4 is 15.8 Å². The third kappa shape index (κ3) is 4.00. The van der Waals surface area contributed by atoms with E-state index in [1.54, 1.807) is 14.0 Å². The van der Waals surface area contributed by atoms with E-state index >= 15 is 0 Å². The summed E-state index contributed by atoms with van der Waals surface area (Å²) in [5, 5.41) is 12.1. The summed E-state index contributed by atoms with van der Waals surface area (Å²) >= 11 is 6.54. The molecule has 0 bridgehead atoms. The minimum atomic E-state index is -0.136. The van der Waals surface area contributed by atoms with Crippen molar-refractivity contribution in [2.45, 2.75) is 46.1 Å². The Morgan fingerprint density at radius 1 is 1.44 bits per heavy atom. The minimum Gasteiger partial charge on any atom is -0.496 e. The molecule has 2 aromatic rings. The van der Waals surface area contributed by atoms with Crippen molar-refractivity contribution in [3.8, 4) is 5.75 Å². The van der Waals surface area contributed by atoms with Gasteiger partial charge in [0.05, 0.1) is 18.7 Å². The van der Waals surface area contributed by atoms with E-state index in [1.807, 2.05) is 19.9 Å². The van der Waals surface area contributed by atoms with Crippen molar-refractivity contribution in [1.82, 2.24) is 9.97 Å². The smallest absolute Gasteiger partial charge is 0.141 e. The molecule has 0 saturated heterocycles. The van der Waals surface area contributed by atoms with E-state index in [2.05, 4.69) is 15.3 Å². The van der Waals surface area contributed by atoms with Crippen molar-refractivity contribution in [3.05, 3.63) is 39.7 Å². The maximum Gasteiger partial charge on any atom is 0.141 e. The largest absolute Gasteiger partial charge is 0.496 e. The van der Waals surface area contributed by atoms with Crippen LogP contribution in [0, 0.1) is 18.3 Å². The van der Waals surface area contributed by atoms with Crippen LogP contribution in [0.5, 0.6) is 5.75 Å². The number of nitrogens with two attached hydrogens (primary N) is 1. The monoisotopic (exact) mass is 387 g/mol. The molecule has 3 rings (SSSR count). The molecular formula is C20H26ClN5O. The summed E-state index contributed by atoms with van der Waals surface area (Å²) in [6.45, 7) is 5.74. The van der Waals surface area contributed by atoms with E-state index < -0.39 is 0 Å². The first-order valence-electron chi connectivity index (χ1n) is 9.11. The lowest BCUT2D eigenvalue weighted by atomic mass is 9.95. The Kier molecular flexibility index (Phi) is 5.56. The highest BCUT2D eigenvalue weighted by Gasteiger charge is 2.27. The quantitative estimate of drug-likeness (QED) is 0.606. The van der Waals surface area contributed by atoms with Gasteiger partial charge in [0.15, 0.2) is 0 Å². The second-order valence-electron chi connectivity index (χ2n) is 7.21. The summed E-state index contributed by atoms with van der Waals surface area (Å²) in [6.07, 6.45) is 4.91. The van der Waals surface area contributed by atoms with Crippen molar-refractivity contribution < 1.29 is 4.74 Å². The van der Waals surface area contributed by atoms with E-state index in [4.69, 9.17) is 27.5 Å². The van der Waals surface area contributed by atoms with Crippen LogP contribution in [0.1, 0.15) is 55.0 Å². The number of halogens is 1. The third-order valence-corrected chi connectivity index (χ3v) is 5.49. The van der Waals surface area contributed by atoms with Gasteiger partial charge in [-0.1, -0.05) is 11.6 Å². The molecule has 7 heteroatoms. The molecule has 1 aromatic carbocycles. The Morgan fingerprint density at radius 3 is 2.74 bits per heavy atom. The first kappa shape index (κ1) is 19.4. The fourth-order valence-corrected chi connectivity index (χ4v) is 3.61. The summed E-state index contributed by atoms with van der Waals surface area (Å²) in [4.78, 5) is 8.28. The number of rotatable bonds is 7. The molecule has 4 N–H and O–H groups in total. The maximum atomic E-state index is 7.98. The highest BCUT2D eigenvalue weighted by Crippen LogP contribution is 2.42. The predicted molar refractivity (Wildman–Crippen MR) is 110 cm³/mol.